The molecule has 2 heterocycles. The zero-order valence-electron chi connectivity index (χ0n) is 8.25. The van der Waals surface area contributed by atoms with Crippen LogP contribution in [0.3, 0.4) is 0 Å². The number of hydrogen-bond donors (Lipinski definition) is 2. The second-order valence-corrected chi connectivity index (χ2v) is 2.91. The molecule has 78 valence electrons. The molecule has 0 atom stereocenters. The zero-order valence-corrected chi connectivity index (χ0v) is 8.25. The van der Waals surface area contributed by atoms with Crippen LogP contribution >= 0.6 is 0 Å². The van der Waals surface area contributed by atoms with Gasteiger partial charge in [-0.3, -0.25) is 0 Å². The minimum absolute atomic E-state index is 0.100. The van der Waals surface area contributed by atoms with Gasteiger partial charge in [0.25, 0.3) is 0 Å². The summed E-state index contributed by atoms with van der Waals surface area (Å²) >= 11 is 0. The SMILES string of the molecule is CCn1ccnc1-c1nc(N)nc(N)n1. The smallest absolute Gasteiger partial charge is 0.225 e. The quantitative estimate of drug-likeness (QED) is 0.709. The van der Waals surface area contributed by atoms with E-state index >= 15 is 0 Å². The van der Waals surface area contributed by atoms with E-state index in [1.807, 2.05) is 17.7 Å². The Morgan fingerprint density at radius 3 is 2.47 bits per heavy atom. The maximum Gasteiger partial charge on any atom is 0.225 e. The summed E-state index contributed by atoms with van der Waals surface area (Å²) in [5.41, 5.74) is 11.0. The molecule has 2 aromatic heterocycles. The average Bonchev–Trinajstić information content (AvgIpc) is 2.63. The first-order valence-corrected chi connectivity index (χ1v) is 4.49. The van der Waals surface area contributed by atoms with Crippen LogP contribution in [0.25, 0.3) is 11.6 Å². The summed E-state index contributed by atoms with van der Waals surface area (Å²) in [6, 6.07) is 0. The van der Waals surface area contributed by atoms with Gasteiger partial charge in [-0.15, -0.1) is 0 Å². The molecule has 0 unspecified atom stereocenters. The van der Waals surface area contributed by atoms with Gasteiger partial charge >= 0.3 is 0 Å². The minimum Gasteiger partial charge on any atom is -0.368 e. The van der Waals surface area contributed by atoms with Gasteiger partial charge in [-0.05, 0) is 6.92 Å². The van der Waals surface area contributed by atoms with Gasteiger partial charge in [0.1, 0.15) is 0 Å². The number of nitrogens with two attached hydrogens (primary N) is 2. The molecule has 0 saturated carbocycles. The van der Waals surface area contributed by atoms with E-state index in [0.717, 1.165) is 6.54 Å². The van der Waals surface area contributed by atoms with Crippen LogP contribution in [-0.2, 0) is 6.54 Å². The molecule has 0 bridgehead atoms. The number of hydrogen-bond acceptors (Lipinski definition) is 6. The van der Waals surface area contributed by atoms with Crippen LogP contribution in [0, 0.1) is 0 Å². The Hall–Kier alpha value is -2.18. The lowest BCUT2D eigenvalue weighted by Crippen LogP contribution is -2.07. The number of aryl methyl sites for hydroxylation is 1. The van der Waals surface area contributed by atoms with Crippen molar-refractivity contribution >= 4 is 11.9 Å². The van der Waals surface area contributed by atoms with Gasteiger partial charge in [0.05, 0.1) is 0 Å². The molecule has 15 heavy (non-hydrogen) atoms. The third-order valence-electron chi connectivity index (χ3n) is 1.93. The van der Waals surface area contributed by atoms with Crippen molar-refractivity contribution in [1.29, 1.82) is 0 Å². The van der Waals surface area contributed by atoms with Crippen LogP contribution in [0.15, 0.2) is 12.4 Å². The van der Waals surface area contributed by atoms with Gasteiger partial charge in [0.15, 0.2) is 5.82 Å². The third-order valence-corrected chi connectivity index (χ3v) is 1.93. The molecule has 7 nitrogen and oxygen atoms in total. The van der Waals surface area contributed by atoms with Gasteiger partial charge < -0.3 is 16.0 Å². The maximum atomic E-state index is 5.48. The summed E-state index contributed by atoms with van der Waals surface area (Å²) < 4.78 is 1.90. The molecular formula is C8H11N7. The van der Waals surface area contributed by atoms with E-state index in [2.05, 4.69) is 19.9 Å². The van der Waals surface area contributed by atoms with Gasteiger partial charge in [-0.1, -0.05) is 0 Å². The Balaban J connectivity index is 2.53. The lowest BCUT2D eigenvalue weighted by molar-refractivity contribution is 0.763. The Morgan fingerprint density at radius 1 is 1.20 bits per heavy atom. The summed E-state index contributed by atoms with van der Waals surface area (Å²) in [6.07, 6.45) is 3.51. The van der Waals surface area contributed by atoms with Gasteiger partial charge in [-0.25, -0.2) is 4.98 Å². The molecule has 0 aliphatic heterocycles. The third kappa shape index (κ3) is 1.71. The van der Waals surface area contributed by atoms with Crippen LogP contribution in [0.5, 0.6) is 0 Å². The van der Waals surface area contributed by atoms with Crippen LogP contribution < -0.4 is 11.5 Å². The zero-order chi connectivity index (χ0) is 10.8. The highest BCUT2D eigenvalue weighted by Gasteiger charge is 2.09. The van der Waals surface area contributed by atoms with Crippen molar-refractivity contribution in [3.05, 3.63) is 12.4 Å². The predicted octanol–water partition coefficient (Wildman–Crippen LogP) is -0.0806. The van der Waals surface area contributed by atoms with E-state index in [-0.39, 0.29) is 11.9 Å². The van der Waals surface area contributed by atoms with E-state index < -0.39 is 0 Å². The molecule has 2 rings (SSSR count). The van der Waals surface area contributed by atoms with Gasteiger partial charge in [0, 0.05) is 18.9 Å². The molecule has 4 N–H and O–H groups in total. The lowest BCUT2D eigenvalue weighted by Gasteiger charge is -2.03. The highest BCUT2D eigenvalue weighted by atomic mass is 15.2. The molecule has 0 aliphatic carbocycles. The average molecular weight is 205 g/mol. The molecule has 0 radical (unpaired) electrons. The van der Waals surface area contributed by atoms with Crippen molar-refractivity contribution in [2.75, 3.05) is 11.5 Å². The van der Waals surface area contributed by atoms with Gasteiger partial charge in [0.2, 0.25) is 17.7 Å². The number of anilines is 2. The van der Waals surface area contributed by atoms with Crippen molar-refractivity contribution in [3.63, 3.8) is 0 Å². The summed E-state index contributed by atoms with van der Waals surface area (Å²) in [6.45, 7) is 2.78. The largest absolute Gasteiger partial charge is 0.368 e. The van der Waals surface area contributed by atoms with Crippen molar-refractivity contribution < 1.29 is 0 Å². The van der Waals surface area contributed by atoms with E-state index in [1.165, 1.54) is 0 Å². The van der Waals surface area contributed by atoms with E-state index in [1.54, 1.807) is 6.20 Å². The van der Waals surface area contributed by atoms with E-state index in [4.69, 9.17) is 11.5 Å². The molecule has 0 amide bonds. The second kappa shape index (κ2) is 3.52. The van der Waals surface area contributed by atoms with Crippen LogP contribution in [0.2, 0.25) is 0 Å². The number of rotatable bonds is 2. The summed E-state index contributed by atoms with van der Waals surface area (Å²) in [7, 11) is 0. The predicted molar refractivity (Wildman–Crippen MR) is 55.5 cm³/mol. The Kier molecular flexibility index (Phi) is 2.20. The first kappa shape index (κ1) is 9.38. The highest BCUT2D eigenvalue weighted by molar-refractivity contribution is 5.48. The Morgan fingerprint density at radius 2 is 1.87 bits per heavy atom. The van der Waals surface area contributed by atoms with Crippen LogP contribution in [0.4, 0.5) is 11.9 Å². The van der Waals surface area contributed by atoms with Crippen LogP contribution in [-0.4, -0.2) is 24.5 Å². The number of nitrogen functional groups attached to an aromatic ring is 2. The molecule has 0 fully saturated rings. The standard InChI is InChI=1S/C8H11N7/c1-2-15-4-3-11-6(15)5-12-7(9)14-8(10)13-5/h3-4H,2H2,1H3,(H4,9,10,12,13,14). The fourth-order valence-corrected chi connectivity index (χ4v) is 1.28. The summed E-state index contributed by atoms with van der Waals surface area (Å²) in [5.74, 6) is 1.23. The second-order valence-electron chi connectivity index (χ2n) is 2.91. The number of nitrogens with zero attached hydrogens (tertiary/aromatic N) is 5. The van der Waals surface area contributed by atoms with Gasteiger partial charge in [-0.2, -0.15) is 15.0 Å². The Bertz CT molecular complexity index is 455. The van der Waals surface area contributed by atoms with Crippen molar-refractivity contribution in [1.82, 2.24) is 24.5 Å². The lowest BCUT2D eigenvalue weighted by atomic mass is 10.5. The maximum absolute atomic E-state index is 5.48. The Labute approximate surface area is 86.2 Å². The topological polar surface area (TPSA) is 109 Å². The molecule has 2 aromatic rings. The van der Waals surface area contributed by atoms with E-state index in [0.29, 0.717) is 11.6 Å². The molecular weight excluding hydrogens is 194 g/mol. The molecule has 0 aliphatic rings. The van der Waals surface area contributed by atoms with Crippen molar-refractivity contribution in [2.45, 2.75) is 13.5 Å². The normalized spacial score (nSPS) is 10.5. The fourth-order valence-electron chi connectivity index (χ4n) is 1.28. The molecule has 0 saturated heterocycles. The fraction of sp³-hybridized carbons (Fsp3) is 0.250. The molecule has 0 aromatic carbocycles. The van der Waals surface area contributed by atoms with E-state index in [9.17, 15) is 0 Å². The first-order valence-electron chi connectivity index (χ1n) is 4.49. The molecule has 7 heteroatoms. The summed E-state index contributed by atoms with van der Waals surface area (Å²) in [4.78, 5) is 15.8. The molecule has 0 spiro atoms. The summed E-state index contributed by atoms with van der Waals surface area (Å²) in [5, 5.41) is 0. The van der Waals surface area contributed by atoms with Crippen molar-refractivity contribution in [3.8, 4) is 11.6 Å². The van der Waals surface area contributed by atoms with Crippen LogP contribution in [0.1, 0.15) is 6.92 Å². The number of imidazole rings is 1. The number of aromatic nitrogens is 5. The monoisotopic (exact) mass is 205 g/mol. The minimum atomic E-state index is 0.100. The first-order chi connectivity index (χ1) is 7.20. The highest BCUT2D eigenvalue weighted by Crippen LogP contribution is 2.13. The van der Waals surface area contributed by atoms with Crippen molar-refractivity contribution in [2.24, 2.45) is 0 Å².